The second-order valence-electron chi connectivity index (χ2n) is 33.3. The topological polar surface area (TPSA) is 663 Å². The number of Topliss-reactive ketones (excluding diaryl/α,β-unsaturated/α-hetero) is 3. The van der Waals surface area contributed by atoms with Gasteiger partial charge in [0.2, 0.25) is 11.8 Å². The Morgan fingerprint density at radius 2 is 0.597 bits per heavy atom. The molecule has 41 nitrogen and oxygen atoms in total. The molecule has 6 heterocycles. The molecular weight excluding hydrogens is 1640 g/mol. The van der Waals surface area contributed by atoms with E-state index in [1.807, 2.05) is 6.92 Å². The summed E-state index contributed by atoms with van der Waals surface area (Å²) in [6, 6.07) is -0.387. The second kappa shape index (κ2) is 62.1. The predicted octanol–water partition coefficient (Wildman–Crippen LogP) is -3.63. The molecule has 0 spiro atoms. The van der Waals surface area contributed by atoms with Gasteiger partial charge in [-0.3, -0.25) is 29.4 Å². The highest BCUT2D eigenvalue weighted by atomic mass is 16.8. The lowest BCUT2D eigenvalue weighted by molar-refractivity contribution is -0.366. The molecule has 0 saturated carbocycles. The van der Waals surface area contributed by atoms with Gasteiger partial charge in [-0.05, 0) is 71.8 Å². The third kappa shape index (κ3) is 38.1. The number of carbonyl (C=O) groups is 5. The van der Waals surface area contributed by atoms with Gasteiger partial charge in [0, 0.05) is 45.1 Å². The fraction of sp³-hybridized carbons (Fsp3) is 0.940. The Hall–Kier alpha value is -3.41. The molecule has 6 saturated heterocycles. The minimum atomic E-state index is -1.87. The number of ketones is 3. The van der Waals surface area contributed by atoms with Crippen LogP contribution in [0.3, 0.4) is 0 Å². The van der Waals surface area contributed by atoms with Crippen molar-refractivity contribution in [3.63, 3.8) is 0 Å². The zero-order valence-electron chi connectivity index (χ0n) is 72.2. The first-order valence-electron chi connectivity index (χ1n) is 45.1. The van der Waals surface area contributed by atoms with Crippen LogP contribution in [0.15, 0.2) is 0 Å². The molecule has 31 atom stereocenters. The molecule has 0 radical (unpaired) electrons. The molecule has 6 aliphatic heterocycles. The Kier molecular flexibility index (Phi) is 55.6. The van der Waals surface area contributed by atoms with E-state index >= 15 is 0 Å². The van der Waals surface area contributed by atoms with Crippen LogP contribution in [0.25, 0.3) is 0 Å². The van der Waals surface area contributed by atoms with Gasteiger partial charge in [0.05, 0.1) is 58.9 Å². The van der Waals surface area contributed by atoms with Crippen LogP contribution in [0.4, 0.5) is 0 Å². The molecule has 6 aliphatic rings. The number of aliphatic hydroxyl groups excluding tert-OH is 20. The third-order valence-electron chi connectivity index (χ3n) is 23.3. The number of hydrazine groups is 1. The van der Waals surface area contributed by atoms with Crippen LogP contribution in [0, 0.1) is 0 Å². The fourth-order valence-corrected chi connectivity index (χ4v) is 15.5. The highest BCUT2D eigenvalue weighted by Crippen LogP contribution is 2.35. The summed E-state index contributed by atoms with van der Waals surface area (Å²) in [7, 11) is 0. The molecule has 2 amide bonds. The summed E-state index contributed by atoms with van der Waals surface area (Å²) in [5, 5.41) is 209. The zero-order valence-corrected chi connectivity index (χ0v) is 72.2. The van der Waals surface area contributed by atoms with Gasteiger partial charge in [0.15, 0.2) is 37.7 Å². The van der Waals surface area contributed by atoms with Crippen molar-refractivity contribution in [3.05, 3.63) is 0 Å². The molecule has 726 valence electrons. The highest BCUT2D eigenvalue weighted by molar-refractivity contribution is 5.82. The van der Waals surface area contributed by atoms with E-state index in [2.05, 4.69) is 16.2 Å². The standard InChI is InChI=1S/C44H81N3O19.C39H71NO18/c1-26(50)28(19-14-15-21-45)46-47-32(52)20-13-11-9-7-5-3-2-4-6-8-10-12-17-27(51)18-16-22-61-43-40(60)41(66-44-39(59)37(57)34(54)30(24-49)64-44)35(55)31(65-43)25-62-42-38(58)36(56)33(53)29(23-48)63-42;1-2-40-27(44)18-14-12-10-8-6-4-3-5-7-9-11-13-16-23(43)17-15-19-53-38-35(52)36(58-39-34(51)32(49)29(46)25(21-42)56-39)30(47)26(57-38)22-54-37-33(50)31(48)28(45)24(20-41)55-37/h28-31,33-44,46,48-49,53-60H,2-25,45H2,1H3,(H,47,52);24-26,28-39,41-42,45-52H,2-22H2,1H3,(H,40,44)/t28-,29+,30+,31+,33+,34+,35+,36-,37-,38-,39-,40-,41-,42-,43+,44+;24-,25-,26-,28-,29-,30-,31+,32+,33+,34+,35+,36+,37+,38-,39-/m01/s1. The number of unbranched alkanes of at least 4 members (excludes halogenated alkanes) is 23. The maximum atomic E-state index is 12.6. The number of hydrogen-bond donors (Lipinski definition) is 24. The lowest BCUT2D eigenvalue weighted by Crippen LogP contribution is -2.65. The molecule has 0 aromatic rings. The van der Waals surface area contributed by atoms with Crippen LogP contribution in [0.5, 0.6) is 0 Å². The molecule has 0 bridgehead atoms. The molecule has 25 N–H and O–H groups in total. The maximum Gasteiger partial charge on any atom is 0.234 e. The van der Waals surface area contributed by atoms with Crippen LogP contribution in [-0.4, -0.2) is 388 Å². The smallest absolute Gasteiger partial charge is 0.234 e. The van der Waals surface area contributed by atoms with Crippen molar-refractivity contribution in [2.45, 2.75) is 429 Å². The van der Waals surface area contributed by atoms with Crippen LogP contribution >= 0.6 is 0 Å². The summed E-state index contributed by atoms with van der Waals surface area (Å²) >= 11 is 0. The van der Waals surface area contributed by atoms with Crippen molar-refractivity contribution >= 4 is 29.2 Å². The molecule has 0 aromatic heterocycles. The van der Waals surface area contributed by atoms with Crippen molar-refractivity contribution in [1.82, 2.24) is 16.2 Å². The molecule has 0 aliphatic carbocycles. The Balaban J connectivity index is 0.000000444. The summed E-state index contributed by atoms with van der Waals surface area (Å²) in [6.45, 7) is 0.473. The van der Waals surface area contributed by atoms with Gasteiger partial charge in [0.1, 0.15) is 164 Å². The fourth-order valence-electron chi connectivity index (χ4n) is 15.5. The van der Waals surface area contributed by atoms with E-state index in [4.69, 9.17) is 62.6 Å². The number of amides is 2. The van der Waals surface area contributed by atoms with Crippen LogP contribution in [0.2, 0.25) is 0 Å². The Morgan fingerprint density at radius 3 is 0.911 bits per heavy atom. The van der Waals surface area contributed by atoms with Gasteiger partial charge in [-0.2, -0.15) is 0 Å². The van der Waals surface area contributed by atoms with E-state index in [0.29, 0.717) is 45.2 Å². The molecule has 124 heavy (non-hydrogen) atoms. The van der Waals surface area contributed by atoms with E-state index in [9.17, 15) is 126 Å². The predicted molar refractivity (Wildman–Crippen MR) is 435 cm³/mol. The normalized spacial score (nSPS) is 34.2. The van der Waals surface area contributed by atoms with Gasteiger partial charge < -0.3 is 170 Å². The summed E-state index contributed by atoms with van der Waals surface area (Å²) < 4.78 is 67.2. The molecule has 6 rings (SSSR count). The highest BCUT2D eigenvalue weighted by Gasteiger charge is 2.55. The van der Waals surface area contributed by atoms with Gasteiger partial charge in [-0.15, -0.1) is 0 Å². The number of ether oxygens (including phenoxy) is 12. The minimum absolute atomic E-state index is 0.00777. The Bertz CT molecular complexity index is 2860. The first kappa shape index (κ1) is 111. The van der Waals surface area contributed by atoms with Crippen molar-refractivity contribution < 1.29 is 183 Å². The maximum absolute atomic E-state index is 12.6. The third-order valence-corrected chi connectivity index (χ3v) is 23.3. The minimum Gasteiger partial charge on any atom is -0.394 e. The summed E-state index contributed by atoms with van der Waals surface area (Å²) in [6.07, 6.45) is -18.4. The van der Waals surface area contributed by atoms with E-state index < -0.39 is 224 Å². The molecular formula is C83H152N4O37. The van der Waals surface area contributed by atoms with E-state index in [0.717, 1.165) is 135 Å². The van der Waals surface area contributed by atoms with Gasteiger partial charge in [-0.25, -0.2) is 5.43 Å². The van der Waals surface area contributed by atoms with E-state index in [1.165, 1.54) is 39.0 Å². The summed E-state index contributed by atoms with van der Waals surface area (Å²) in [5.74, 6) is 0.125. The lowest BCUT2D eigenvalue weighted by Gasteiger charge is -2.46. The molecule has 6 fully saturated rings. The van der Waals surface area contributed by atoms with Gasteiger partial charge >= 0.3 is 0 Å². The van der Waals surface area contributed by atoms with Crippen molar-refractivity contribution in [1.29, 1.82) is 0 Å². The van der Waals surface area contributed by atoms with Crippen LogP contribution in [-0.2, 0) is 80.8 Å². The van der Waals surface area contributed by atoms with Gasteiger partial charge in [0.25, 0.3) is 0 Å². The van der Waals surface area contributed by atoms with Crippen molar-refractivity contribution in [2.24, 2.45) is 5.73 Å². The number of nitrogens with two attached hydrogens (primary N) is 1. The Labute approximate surface area is 726 Å². The zero-order chi connectivity index (χ0) is 91.2. The first-order valence-corrected chi connectivity index (χ1v) is 45.1. The molecule has 41 heteroatoms. The van der Waals surface area contributed by atoms with Crippen molar-refractivity contribution in [3.8, 4) is 0 Å². The number of rotatable bonds is 62. The van der Waals surface area contributed by atoms with Crippen LogP contribution in [0.1, 0.15) is 239 Å². The average molecular weight is 1800 g/mol. The number of nitrogens with one attached hydrogen (secondary N) is 3. The number of carbonyl (C=O) groups excluding carboxylic acids is 5. The summed E-state index contributed by atoms with van der Waals surface area (Å²) in [5.41, 5.74) is 11.0. The molecule has 0 unspecified atom stereocenters. The second-order valence-corrected chi connectivity index (χ2v) is 33.3. The quantitative estimate of drug-likeness (QED) is 0.0206. The first-order chi connectivity index (χ1) is 59.5. The summed E-state index contributed by atoms with van der Waals surface area (Å²) in [4.78, 5) is 60.6. The number of hydrogen-bond acceptors (Lipinski definition) is 39. The lowest BCUT2D eigenvalue weighted by atomic mass is 9.96. The number of aliphatic hydroxyl groups is 20. The van der Waals surface area contributed by atoms with E-state index in [-0.39, 0.29) is 74.1 Å². The monoisotopic (exact) mass is 1800 g/mol. The Morgan fingerprint density at radius 1 is 0.315 bits per heavy atom. The van der Waals surface area contributed by atoms with Crippen molar-refractivity contribution in [2.75, 3.05) is 65.9 Å². The largest absolute Gasteiger partial charge is 0.394 e. The van der Waals surface area contributed by atoms with E-state index in [1.54, 1.807) is 0 Å². The van der Waals surface area contributed by atoms with Gasteiger partial charge in [-0.1, -0.05) is 135 Å². The molecule has 0 aromatic carbocycles. The SMILES string of the molecule is CC(=O)[C@H](CCCCN)NNC(=O)CCCCCCCCCCCCCCC(=O)CCCO[C@@H]1O[C@H](CO[C@H]2O[C@H](CO)[C@@H](O)[C@H](O)[C@@H]2O)[C@@H](O)[C@H](O[C@H]2O[C@H](CO)[C@@H](O)[C@H](O)[C@@H]2O)[C@@H]1O.CCNC(=O)CCCCCCCCCCCCCCC(=O)CCCO[C@@H]1O[C@H](CO[C@H]2O[C@H](CO)[C@@H](O)[C@H](O)[C@@H]2O)[C@@H](O)[C@H](O[C@H]2O[C@H](CO)[C@@H](O)[C@H](O)[C@@H]2O)[C@@H]1O. The van der Waals surface area contributed by atoms with Crippen LogP contribution < -0.4 is 21.9 Å². The average Bonchev–Trinajstić information content (AvgIpc) is 0.783.